The predicted octanol–water partition coefficient (Wildman–Crippen LogP) is 4.92. The molecule has 0 aliphatic carbocycles. The van der Waals surface area contributed by atoms with E-state index in [2.05, 4.69) is 26.6 Å². The summed E-state index contributed by atoms with van der Waals surface area (Å²) < 4.78 is 5.98. The van der Waals surface area contributed by atoms with E-state index in [1.54, 1.807) is 0 Å². The van der Waals surface area contributed by atoms with Crippen LogP contribution < -0.4 is 10.6 Å². The van der Waals surface area contributed by atoms with Crippen LogP contribution in [0.25, 0.3) is 0 Å². The van der Waals surface area contributed by atoms with Crippen molar-refractivity contribution < 1.29 is 19.1 Å². The summed E-state index contributed by atoms with van der Waals surface area (Å²) in [6, 6.07) is 11.4. The summed E-state index contributed by atoms with van der Waals surface area (Å²) in [4.78, 5) is 36.0. The molecule has 7 heteroatoms. The summed E-state index contributed by atoms with van der Waals surface area (Å²) in [5.41, 5.74) is 4.44. The molecule has 0 unspecified atom stereocenters. The Morgan fingerprint density at radius 1 is 0.933 bits per heavy atom. The van der Waals surface area contributed by atoms with Gasteiger partial charge < -0.3 is 15.4 Å². The van der Waals surface area contributed by atoms with Crippen LogP contribution in [0.1, 0.15) is 42.9 Å². The average Bonchev–Trinajstić information content (AvgIpc) is 2.71. The number of benzene rings is 2. The van der Waals surface area contributed by atoms with Crippen LogP contribution in [-0.4, -0.2) is 24.4 Å². The maximum atomic E-state index is 12.1. The lowest BCUT2D eigenvalue weighted by Gasteiger charge is -2.11. The molecule has 0 atom stereocenters. The summed E-state index contributed by atoms with van der Waals surface area (Å²) in [6.45, 7) is 5.48. The van der Waals surface area contributed by atoms with E-state index in [9.17, 15) is 14.4 Å². The number of amides is 2. The van der Waals surface area contributed by atoms with Crippen molar-refractivity contribution in [3.8, 4) is 0 Å². The van der Waals surface area contributed by atoms with E-state index >= 15 is 0 Å². The molecule has 0 spiro atoms. The molecule has 0 saturated carbocycles. The van der Waals surface area contributed by atoms with Crippen molar-refractivity contribution in [2.75, 3.05) is 17.2 Å². The third kappa shape index (κ3) is 7.30. The van der Waals surface area contributed by atoms with Crippen LogP contribution in [0.3, 0.4) is 0 Å². The lowest BCUT2D eigenvalue weighted by molar-refractivity contribution is -0.147. The number of hydrogen-bond acceptors (Lipinski definition) is 4. The van der Waals surface area contributed by atoms with Crippen LogP contribution in [0.4, 0.5) is 11.4 Å². The molecular weight excluding hydrogens is 448 g/mol. The molecule has 0 saturated heterocycles. The van der Waals surface area contributed by atoms with Crippen LogP contribution in [0.2, 0.25) is 0 Å². The number of para-hydroxylation sites is 1. The topological polar surface area (TPSA) is 84.5 Å². The fourth-order valence-corrected chi connectivity index (χ4v) is 3.33. The van der Waals surface area contributed by atoms with Crippen molar-refractivity contribution in [2.45, 2.75) is 46.5 Å². The fourth-order valence-electron chi connectivity index (χ4n) is 2.88. The van der Waals surface area contributed by atoms with E-state index in [1.165, 1.54) is 0 Å². The van der Waals surface area contributed by atoms with Gasteiger partial charge in [-0.2, -0.15) is 0 Å². The number of aryl methyl sites for hydroxylation is 3. The molecule has 0 heterocycles. The number of carbonyl (C=O) groups excluding carboxylic acids is 3. The molecule has 2 aromatic carbocycles. The summed E-state index contributed by atoms with van der Waals surface area (Å²) in [6.07, 6.45) is 1.46. The highest BCUT2D eigenvalue weighted by Crippen LogP contribution is 2.24. The number of hydrogen-bond donors (Lipinski definition) is 2. The minimum absolute atomic E-state index is 0.0759. The van der Waals surface area contributed by atoms with Gasteiger partial charge in [0.2, 0.25) is 5.91 Å². The maximum Gasteiger partial charge on any atom is 0.306 e. The van der Waals surface area contributed by atoms with Gasteiger partial charge in [0, 0.05) is 28.7 Å². The number of nitrogens with one attached hydrogen (secondary N) is 2. The first-order valence-electron chi connectivity index (χ1n) is 9.90. The van der Waals surface area contributed by atoms with Gasteiger partial charge in [0.25, 0.3) is 5.91 Å². The van der Waals surface area contributed by atoms with Crippen molar-refractivity contribution in [3.05, 3.63) is 57.6 Å². The first-order chi connectivity index (χ1) is 14.3. The van der Waals surface area contributed by atoms with Gasteiger partial charge in [-0.1, -0.05) is 41.1 Å². The predicted molar refractivity (Wildman–Crippen MR) is 122 cm³/mol. The molecule has 6 nitrogen and oxygen atoms in total. The molecule has 0 aliphatic heterocycles. The van der Waals surface area contributed by atoms with Crippen LogP contribution in [0, 0.1) is 13.8 Å². The second-order valence-corrected chi connectivity index (χ2v) is 7.89. The summed E-state index contributed by atoms with van der Waals surface area (Å²) >= 11 is 3.45. The Hall–Kier alpha value is -2.67. The molecule has 2 amide bonds. The molecule has 0 fully saturated rings. The van der Waals surface area contributed by atoms with Crippen molar-refractivity contribution in [1.82, 2.24) is 0 Å². The van der Waals surface area contributed by atoms with Gasteiger partial charge in [-0.3, -0.25) is 14.4 Å². The SMILES string of the molecule is CCc1ccccc1NC(=O)CCCC(=O)OCC(=O)Nc1cc(C)c(Br)cc1C. The zero-order valence-corrected chi connectivity index (χ0v) is 19.1. The monoisotopic (exact) mass is 474 g/mol. The zero-order valence-electron chi connectivity index (χ0n) is 17.5. The van der Waals surface area contributed by atoms with Crippen LogP contribution in [0.5, 0.6) is 0 Å². The molecule has 2 rings (SSSR count). The van der Waals surface area contributed by atoms with Crippen LogP contribution in [0.15, 0.2) is 40.9 Å². The van der Waals surface area contributed by atoms with Crippen LogP contribution in [-0.2, 0) is 25.5 Å². The van der Waals surface area contributed by atoms with Gasteiger partial charge in [0.1, 0.15) is 0 Å². The number of ether oxygens (including phenoxy) is 1. The van der Waals surface area contributed by atoms with Crippen LogP contribution >= 0.6 is 15.9 Å². The van der Waals surface area contributed by atoms with E-state index < -0.39 is 11.9 Å². The lowest BCUT2D eigenvalue weighted by Crippen LogP contribution is -2.21. The number of anilines is 2. The highest BCUT2D eigenvalue weighted by atomic mass is 79.9. The third-order valence-corrected chi connectivity index (χ3v) is 5.46. The van der Waals surface area contributed by atoms with E-state index in [-0.39, 0.29) is 25.4 Å². The molecule has 160 valence electrons. The van der Waals surface area contributed by atoms with E-state index in [1.807, 2.05) is 57.2 Å². The van der Waals surface area contributed by atoms with Crippen molar-refractivity contribution in [3.63, 3.8) is 0 Å². The summed E-state index contributed by atoms with van der Waals surface area (Å²) in [5.74, 6) is -1.06. The molecule has 0 aliphatic rings. The second-order valence-electron chi connectivity index (χ2n) is 7.04. The smallest absolute Gasteiger partial charge is 0.306 e. The highest BCUT2D eigenvalue weighted by molar-refractivity contribution is 9.10. The molecule has 30 heavy (non-hydrogen) atoms. The first-order valence-corrected chi connectivity index (χ1v) is 10.7. The molecule has 0 aromatic heterocycles. The minimum Gasteiger partial charge on any atom is -0.456 e. The molecule has 0 bridgehead atoms. The molecule has 2 aromatic rings. The van der Waals surface area contributed by atoms with Crippen molar-refractivity contribution >= 4 is 45.1 Å². The van der Waals surface area contributed by atoms with Gasteiger partial charge in [0.05, 0.1) is 0 Å². The second kappa shape index (κ2) is 11.5. The Kier molecular flexibility index (Phi) is 9.05. The number of halogens is 1. The van der Waals surface area contributed by atoms with Gasteiger partial charge in [-0.25, -0.2) is 0 Å². The number of rotatable bonds is 9. The lowest BCUT2D eigenvalue weighted by atomic mass is 10.1. The Balaban J connectivity index is 1.70. The Morgan fingerprint density at radius 3 is 2.37 bits per heavy atom. The zero-order chi connectivity index (χ0) is 22.1. The van der Waals surface area contributed by atoms with E-state index in [4.69, 9.17) is 4.74 Å². The summed E-state index contributed by atoms with van der Waals surface area (Å²) in [7, 11) is 0. The third-order valence-electron chi connectivity index (χ3n) is 4.60. The number of carbonyl (C=O) groups is 3. The minimum atomic E-state index is -0.504. The highest BCUT2D eigenvalue weighted by Gasteiger charge is 2.12. The number of esters is 1. The maximum absolute atomic E-state index is 12.1. The quantitative estimate of drug-likeness (QED) is 0.505. The van der Waals surface area contributed by atoms with Crippen molar-refractivity contribution in [2.24, 2.45) is 0 Å². The summed E-state index contributed by atoms with van der Waals surface area (Å²) in [5, 5.41) is 5.61. The largest absolute Gasteiger partial charge is 0.456 e. The van der Waals surface area contributed by atoms with E-state index in [0.29, 0.717) is 12.1 Å². The Labute approximate surface area is 185 Å². The molecular formula is C23H27BrN2O4. The first kappa shape index (κ1) is 23.6. The van der Waals surface area contributed by atoms with Gasteiger partial charge >= 0.3 is 5.97 Å². The van der Waals surface area contributed by atoms with E-state index in [0.717, 1.165) is 33.3 Å². The van der Waals surface area contributed by atoms with Gasteiger partial charge in [-0.05, 0) is 61.6 Å². The normalized spacial score (nSPS) is 10.4. The van der Waals surface area contributed by atoms with Crippen molar-refractivity contribution in [1.29, 1.82) is 0 Å². The van der Waals surface area contributed by atoms with Gasteiger partial charge in [-0.15, -0.1) is 0 Å². The average molecular weight is 475 g/mol. The standard InChI is InChI=1S/C23H27BrN2O4/c1-4-17-8-5-6-9-19(17)25-21(27)10-7-11-23(29)30-14-22(28)26-20-13-15(2)18(24)12-16(20)3/h5-6,8-9,12-13H,4,7,10-11,14H2,1-3H3,(H,25,27)(H,26,28). The molecule has 2 N–H and O–H groups in total. The Morgan fingerprint density at radius 2 is 1.63 bits per heavy atom. The Bertz CT molecular complexity index is 927. The van der Waals surface area contributed by atoms with Gasteiger partial charge in [0.15, 0.2) is 6.61 Å². The molecule has 0 radical (unpaired) electrons. The fraction of sp³-hybridized carbons (Fsp3) is 0.348.